The van der Waals surface area contributed by atoms with E-state index in [1.165, 1.54) is 6.07 Å². The maximum atomic E-state index is 13.5. The van der Waals surface area contributed by atoms with Gasteiger partial charge in [0.1, 0.15) is 0 Å². The Balaban J connectivity index is 2.25. The van der Waals surface area contributed by atoms with Crippen LogP contribution in [-0.2, 0) is 5.41 Å². The van der Waals surface area contributed by atoms with E-state index in [9.17, 15) is 9.50 Å². The summed E-state index contributed by atoms with van der Waals surface area (Å²) < 4.78 is 18.6. The summed E-state index contributed by atoms with van der Waals surface area (Å²) in [5.74, 6) is -0.0518. The van der Waals surface area contributed by atoms with Crippen LogP contribution in [-0.4, -0.2) is 18.3 Å². The van der Waals surface area contributed by atoms with Crippen molar-refractivity contribution < 1.29 is 14.2 Å². The zero-order chi connectivity index (χ0) is 10.9. The van der Waals surface area contributed by atoms with Crippen LogP contribution in [0.15, 0.2) is 18.2 Å². The molecule has 0 heterocycles. The van der Waals surface area contributed by atoms with Gasteiger partial charge in [-0.3, -0.25) is 0 Å². The number of aliphatic hydroxyl groups is 1. The van der Waals surface area contributed by atoms with Gasteiger partial charge in [-0.15, -0.1) is 0 Å². The first-order valence-electron chi connectivity index (χ1n) is 5.25. The van der Waals surface area contributed by atoms with Gasteiger partial charge >= 0.3 is 0 Å². The molecule has 2 nitrogen and oxygen atoms in total. The molecule has 1 aliphatic rings. The molecule has 82 valence electrons. The van der Waals surface area contributed by atoms with Gasteiger partial charge in [0.05, 0.1) is 13.2 Å². The minimum Gasteiger partial charge on any atom is -0.491 e. The molecule has 0 atom stereocenters. The van der Waals surface area contributed by atoms with E-state index < -0.39 is 0 Å². The molecule has 0 aliphatic heterocycles. The summed E-state index contributed by atoms with van der Waals surface area (Å²) in [6, 6.07) is 4.97. The Morgan fingerprint density at radius 3 is 2.67 bits per heavy atom. The minimum absolute atomic E-state index is 0.0976. The van der Waals surface area contributed by atoms with E-state index in [1.807, 2.05) is 13.0 Å². The van der Waals surface area contributed by atoms with E-state index in [0.29, 0.717) is 6.61 Å². The summed E-state index contributed by atoms with van der Waals surface area (Å²) >= 11 is 0. The highest BCUT2D eigenvalue weighted by Crippen LogP contribution is 2.48. The Labute approximate surface area is 88.7 Å². The van der Waals surface area contributed by atoms with Crippen LogP contribution in [0.5, 0.6) is 5.75 Å². The van der Waals surface area contributed by atoms with Gasteiger partial charge in [0.15, 0.2) is 11.6 Å². The fourth-order valence-corrected chi connectivity index (χ4v) is 1.79. The largest absolute Gasteiger partial charge is 0.491 e. The quantitative estimate of drug-likeness (QED) is 0.825. The van der Waals surface area contributed by atoms with Crippen molar-refractivity contribution in [1.29, 1.82) is 0 Å². The Morgan fingerprint density at radius 1 is 1.47 bits per heavy atom. The Kier molecular flexibility index (Phi) is 2.65. The molecule has 1 aromatic carbocycles. The molecule has 0 radical (unpaired) electrons. The van der Waals surface area contributed by atoms with Gasteiger partial charge in [-0.25, -0.2) is 4.39 Å². The summed E-state index contributed by atoms with van der Waals surface area (Å²) in [6.45, 7) is 2.38. The van der Waals surface area contributed by atoms with Gasteiger partial charge in [-0.1, -0.05) is 6.07 Å². The van der Waals surface area contributed by atoms with Crippen molar-refractivity contribution in [3.05, 3.63) is 29.6 Å². The first-order chi connectivity index (χ1) is 7.22. The number of benzene rings is 1. The lowest BCUT2D eigenvalue weighted by Crippen LogP contribution is -2.12. The van der Waals surface area contributed by atoms with Crippen molar-refractivity contribution in [2.24, 2.45) is 0 Å². The molecule has 1 fully saturated rings. The fourth-order valence-electron chi connectivity index (χ4n) is 1.79. The molecule has 3 heteroatoms. The molecule has 1 saturated carbocycles. The number of halogens is 1. The molecule has 0 spiro atoms. The molecular formula is C12H15FO2. The van der Waals surface area contributed by atoms with Crippen LogP contribution in [0.25, 0.3) is 0 Å². The van der Waals surface area contributed by atoms with Crippen molar-refractivity contribution >= 4 is 0 Å². The molecule has 2 rings (SSSR count). The molecule has 1 aliphatic carbocycles. The topological polar surface area (TPSA) is 29.5 Å². The molecule has 0 unspecified atom stereocenters. The predicted octanol–water partition coefficient (Wildman–Crippen LogP) is 2.25. The number of aliphatic hydroxyl groups excluding tert-OH is 1. The normalized spacial score (nSPS) is 17.5. The molecule has 0 aromatic heterocycles. The first kappa shape index (κ1) is 10.4. The third kappa shape index (κ3) is 1.84. The molecule has 1 N–H and O–H groups in total. The van der Waals surface area contributed by atoms with Crippen LogP contribution < -0.4 is 4.74 Å². The standard InChI is InChI=1S/C12H15FO2/c1-2-15-11-4-3-9(7-10(11)13)12(8-14)5-6-12/h3-4,7,14H,2,5-6,8H2,1H3. The SMILES string of the molecule is CCOc1ccc(C2(CO)CC2)cc1F. The maximum Gasteiger partial charge on any atom is 0.165 e. The predicted molar refractivity (Wildman–Crippen MR) is 55.6 cm³/mol. The third-order valence-electron chi connectivity index (χ3n) is 3.00. The first-order valence-corrected chi connectivity index (χ1v) is 5.25. The zero-order valence-corrected chi connectivity index (χ0v) is 8.79. The van der Waals surface area contributed by atoms with Gasteiger partial charge in [0.2, 0.25) is 0 Å². The Morgan fingerprint density at radius 2 is 2.20 bits per heavy atom. The van der Waals surface area contributed by atoms with Gasteiger partial charge in [0, 0.05) is 5.41 Å². The lowest BCUT2D eigenvalue weighted by Gasteiger charge is -2.13. The van der Waals surface area contributed by atoms with E-state index in [0.717, 1.165) is 18.4 Å². The zero-order valence-electron chi connectivity index (χ0n) is 8.79. The highest BCUT2D eigenvalue weighted by Gasteiger charge is 2.43. The lowest BCUT2D eigenvalue weighted by molar-refractivity contribution is 0.254. The monoisotopic (exact) mass is 210 g/mol. The van der Waals surface area contributed by atoms with Crippen molar-refractivity contribution in [2.75, 3.05) is 13.2 Å². The average Bonchev–Trinajstić information content (AvgIpc) is 3.02. The molecule has 0 saturated heterocycles. The molecule has 0 bridgehead atoms. The Hall–Kier alpha value is -1.09. The van der Waals surface area contributed by atoms with Crippen LogP contribution in [0.3, 0.4) is 0 Å². The maximum absolute atomic E-state index is 13.5. The highest BCUT2D eigenvalue weighted by atomic mass is 19.1. The summed E-state index contributed by atoms with van der Waals surface area (Å²) in [7, 11) is 0. The third-order valence-corrected chi connectivity index (χ3v) is 3.00. The van der Waals surface area contributed by atoms with Gasteiger partial charge < -0.3 is 9.84 Å². The van der Waals surface area contributed by atoms with Gasteiger partial charge in [-0.2, -0.15) is 0 Å². The summed E-state index contributed by atoms with van der Waals surface area (Å²) in [6.07, 6.45) is 1.88. The van der Waals surface area contributed by atoms with Crippen LogP contribution in [0.4, 0.5) is 4.39 Å². The summed E-state index contributed by atoms with van der Waals surface area (Å²) in [5, 5.41) is 9.22. The second-order valence-corrected chi connectivity index (χ2v) is 4.02. The van der Waals surface area contributed by atoms with E-state index in [2.05, 4.69) is 0 Å². The van der Waals surface area contributed by atoms with Crippen molar-refractivity contribution in [3.8, 4) is 5.75 Å². The van der Waals surface area contributed by atoms with E-state index >= 15 is 0 Å². The van der Waals surface area contributed by atoms with E-state index in [1.54, 1.807) is 6.07 Å². The smallest absolute Gasteiger partial charge is 0.165 e. The van der Waals surface area contributed by atoms with Gasteiger partial charge in [0.25, 0.3) is 0 Å². The van der Waals surface area contributed by atoms with Crippen LogP contribution >= 0.6 is 0 Å². The second-order valence-electron chi connectivity index (χ2n) is 4.02. The summed E-state index contributed by atoms with van der Waals surface area (Å²) in [5.41, 5.74) is 0.705. The number of hydrogen-bond donors (Lipinski definition) is 1. The van der Waals surface area contributed by atoms with Crippen LogP contribution in [0.2, 0.25) is 0 Å². The van der Waals surface area contributed by atoms with Crippen LogP contribution in [0, 0.1) is 5.82 Å². The second kappa shape index (κ2) is 3.81. The highest BCUT2D eigenvalue weighted by molar-refractivity contribution is 5.37. The van der Waals surface area contributed by atoms with E-state index in [4.69, 9.17) is 4.74 Å². The molecule has 1 aromatic rings. The fraction of sp³-hybridized carbons (Fsp3) is 0.500. The summed E-state index contributed by atoms with van der Waals surface area (Å²) in [4.78, 5) is 0. The van der Waals surface area contributed by atoms with Crippen LogP contribution in [0.1, 0.15) is 25.3 Å². The number of ether oxygens (including phenoxy) is 1. The number of rotatable bonds is 4. The minimum atomic E-state index is -0.339. The Bertz CT molecular complexity index is 359. The van der Waals surface area contributed by atoms with E-state index in [-0.39, 0.29) is 23.6 Å². The molecule has 15 heavy (non-hydrogen) atoms. The molecule has 0 amide bonds. The van der Waals surface area contributed by atoms with Crippen molar-refractivity contribution in [3.63, 3.8) is 0 Å². The molecular weight excluding hydrogens is 195 g/mol. The van der Waals surface area contributed by atoms with Crippen molar-refractivity contribution in [1.82, 2.24) is 0 Å². The average molecular weight is 210 g/mol. The van der Waals surface area contributed by atoms with Crippen molar-refractivity contribution in [2.45, 2.75) is 25.2 Å². The lowest BCUT2D eigenvalue weighted by atomic mass is 9.97. The van der Waals surface area contributed by atoms with Gasteiger partial charge in [-0.05, 0) is 37.5 Å². The number of hydrogen-bond acceptors (Lipinski definition) is 2.